The third-order valence-corrected chi connectivity index (χ3v) is 5.01. The minimum atomic E-state index is 0.630. The summed E-state index contributed by atoms with van der Waals surface area (Å²) in [7, 11) is 0. The number of aromatic nitrogens is 5. The van der Waals surface area contributed by atoms with Gasteiger partial charge in [-0.05, 0) is 54.5 Å². The van der Waals surface area contributed by atoms with Gasteiger partial charge in [0.25, 0.3) is 0 Å². The fraction of sp³-hybridized carbons (Fsp3) is 0.0370. The lowest BCUT2D eigenvalue weighted by Gasteiger charge is -2.05. The molecule has 0 aliphatic heterocycles. The molecule has 5 heteroatoms. The predicted molar refractivity (Wildman–Crippen MR) is 125 cm³/mol. The summed E-state index contributed by atoms with van der Waals surface area (Å²) in [5.41, 5.74) is 7.25. The Bertz CT molecular complexity index is 1370. The highest BCUT2D eigenvalue weighted by Gasteiger charge is 2.20. The van der Waals surface area contributed by atoms with Gasteiger partial charge in [0.05, 0.1) is 17.0 Å². The summed E-state index contributed by atoms with van der Waals surface area (Å²) in [5.74, 6) is 6.58. The zero-order chi connectivity index (χ0) is 21.6. The molecule has 0 spiro atoms. The van der Waals surface area contributed by atoms with Gasteiger partial charge < -0.3 is 4.98 Å². The molecule has 0 atom stereocenters. The Morgan fingerprint density at radius 2 is 1.53 bits per heavy atom. The standard InChI is InChI=1S/C27H19N5/c1-4-15-29-21(9-1)12-13-23-26(24-11-3-6-17-31-24)25(18-22-10-2-5-16-30-22)32-27(23)20-8-7-14-28-19-20/h1-11,14-17,19,32H,18H2. The normalized spacial score (nSPS) is 10.4. The Morgan fingerprint density at radius 1 is 0.719 bits per heavy atom. The maximum Gasteiger partial charge on any atom is 0.113 e. The molecule has 0 aromatic carbocycles. The Morgan fingerprint density at radius 3 is 2.22 bits per heavy atom. The number of nitrogens with one attached hydrogen (secondary N) is 1. The van der Waals surface area contributed by atoms with Crippen LogP contribution >= 0.6 is 0 Å². The molecule has 152 valence electrons. The first-order valence-corrected chi connectivity index (χ1v) is 10.3. The van der Waals surface area contributed by atoms with Crippen LogP contribution in [-0.4, -0.2) is 24.9 Å². The van der Waals surface area contributed by atoms with E-state index in [0.29, 0.717) is 12.1 Å². The van der Waals surface area contributed by atoms with Gasteiger partial charge in [0, 0.05) is 59.9 Å². The number of pyridine rings is 4. The molecule has 0 aliphatic rings. The summed E-state index contributed by atoms with van der Waals surface area (Å²) in [6.07, 6.45) is 9.58. The van der Waals surface area contributed by atoms with Crippen molar-refractivity contribution in [2.75, 3.05) is 0 Å². The van der Waals surface area contributed by atoms with Crippen molar-refractivity contribution in [1.82, 2.24) is 24.9 Å². The molecule has 0 bridgehead atoms. The van der Waals surface area contributed by atoms with Gasteiger partial charge in [0.2, 0.25) is 0 Å². The molecule has 0 saturated carbocycles. The fourth-order valence-corrected chi connectivity index (χ4v) is 3.58. The second kappa shape index (κ2) is 9.07. The first kappa shape index (κ1) is 19.4. The lowest BCUT2D eigenvalue weighted by molar-refractivity contribution is 1.03. The van der Waals surface area contributed by atoms with E-state index in [4.69, 9.17) is 0 Å². The van der Waals surface area contributed by atoms with Gasteiger partial charge in [-0.1, -0.05) is 24.1 Å². The van der Waals surface area contributed by atoms with Crippen LogP contribution in [0.15, 0.2) is 97.7 Å². The number of rotatable bonds is 4. The highest BCUT2D eigenvalue weighted by atomic mass is 14.8. The van der Waals surface area contributed by atoms with Crippen LogP contribution in [0, 0.1) is 11.8 Å². The maximum absolute atomic E-state index is 4.63. The van der Waals surface area contributed by atoms with Gasteiger partial charge in [0.1, 0.15) is 5.69 Å². The van der Waals surface area contributed by atoms with Crippen LogP contribution in [0.2, 0.25) is 0 Å². The summed E-state index contributed by atoms with van der Waals surface area (Å²) >= 11 is 0. The van der Waals surface area contributed by atoms with E-state index in [-0.39, 0.29) is 0 Å². The summed E-state index contributed by atoms with van der Waals surface area (Å²) in [6, 6.07) is 21.5. The molecule has 0 aliphatic carbocycles. The molecule has 0 amide bonds. The predicted octanol–water partition coefficient (Wildman–Crippen LogP) is 4.92. The van der Waals surface area contributed by atoms with Crippen molar-refractivity contribution in [1.29, 1.82) is 0 Å². The van der Waals surface area contributed by atoms with Crippen LogP contribution in [0.25, 0.3) is 22.5 Å². The molecule has 5 nitrogen and oxygen atoms in total. The van der Waals surface area contributed by atoms with Crippen LogP contribution in [0.4, 0.5) is 0 Å². The van der Waals surface area contributed by atoms with E-state index in [9.17, 15) is 0 Å². The zero-order valence-corrected chi connectivity index (χ0v) is 17.2. The van der Waals surface area contributed by atoms with Crippen LogP contribution in [0.1, 0.15) is 22.6 Å². The number of aromatic amines is 1. The van der Waals surface area contributed by atoms with Gasteiger partial charge in [-0.15, -0.1) is 0 Å². The van der Waals surface area contributed by atoms with Crippen molar-refractivity contribution in [3.8, 4) is 34.4 Å². The maximum atomic E-state index is 4.63. The number of nitrogens with zero attached hydrogens (tertiary/aromatic N) is 4. The van der Waals surface area contributed by atoms with Gasteiger partial charge in [0.15, 0.2) is 0 Å². The Balaban J connectivity index is 1.74. The van der Waals surface area contributed by atoms with E-state index >= 15 is 0 Å². The molecular weight excluding hydrogens is 394 g/mol. The monoisotopic (exact) mass is 413 g/mol. The highest BCUT2D eigenvalue weighted by Crippen LogP contribution is 2.35. The number of H-pyrrole nitrogens is 1. The minimum Gasteiger partial charge on any atom is -0.356 e. The summed E-state index contributed by atoms with van der Waals surface area (Å²) in [4.78, 5) is 21.4. The van der Waals surface area contributed by atoms with Crippen molar-refractivity contribution < 1.29 is 0 Å². The molecule has 1 N–H and O–H groups in total. The first-order valence-electron chi connectivity index (χ1n) is 10.3. The van der Waals surface area contributed by atoms with Crippen LogP contribution in [-0.2, 0) is 6.42 Å². The minimum absolute atomic E-state index is 0.630. The third-order valence-electron chi connectivity index (χ3n) is 5.01. The molecule has 0 radical (unpaired) electrons. The largest absolute Gasteiger partial charge is 0.356 e. The average Bonchev–Trinajstić information content (AvgIpc) is 3.23. The smallest absolute Gasteiger partial charge is 0.113 e. The molecule has 5 aromatic heterocycles. The molecule has 32 heavy (non-hydrogen) atoms. The Labute approximate surface area is 186 Å². The van der Waals surface area contributed by atoms with Crippen molar-refractivity contribution in [3.05, 3.63) is 120 Å². The quantitative estimate of drug-likeness (QED) is 0.425. The molecule has 0 unspecified atom stereocenters. The number of hydrogen-bond donors (Lipinski definition) is 1. The Kier molecular flexibility index (Phi) is 5.50. The van der Waals surface area contributed by atoms with Crippen molar-refractivity contribution >= 4 is 0 Å². The average molecular weight is 413 g/mol. The molecule has 0 fully saturated rings. The highest BCUT2D eigenvalue weighted by molar-refractivity contribution is 5.82. The van der Waals surface area contributed by atoms with Gasteiger partial charge in [-0.2, -0.15) is 0 Å². The van der Waals surface area contributed by atoms with E-state index in [2.05, 4.69) is 36.8 Å². The zero-order valence-electron chi connectivity index (χ0n) is 17.2. The van der Waals surface area contributed by atoms with Crippen LogP contribution in [0.5, 0.6) is 0 Å². The van der Waals surface area contributed by atoms with Crippen molar-refractivity contribution in [2.45, 2.75) is 6.42 Å². The summed E-state index contributed by atoms with van der Waals surface area (Å²) < 4.78 is 0. The van der Waals surface area contributed by atoms with E-state index in [1.807, 2.05) is 79.1 Å². The Hall–Kier alpha value is -4.56. The van der Waals surface area contributed by atoms with Gasteiger partial charge in [-0.25, -0.2) is 4.98 Å². The third kappa shape index (κ3) is 4.16. The summed E-state index contributed by atoms with van der Waals surface area (Å²) in [5, 5.41) is 0. The van der Waals surface area contributed by atoms with E-state index in [1.165, 1.54) is 0 Å². The second-order valence-electron chi connectivity index (χ2n) is 7.15. The topological polar surface area (TPSA) is 67.3 Å². The lowest BCUT2D eigenvalue weighted by Crippen LogP contribution is -1.95. The van der Waals surface area contributed by atoms with Gasteiger partial charge >= 0.3 is 0 Å². The van der Waals surface area contributed by atoms with Gasteiger partial charge in [-0.3, -0.25) is 15.0 Å². The number of hydrogen-bond acceptors (Lipinski definition) is 4. The molecular formula is C27H19N5. The lowest BCUT2D eigenvalue weighted by atomic mass is 10.00. The van der Waals surface area contributed by atoms with Crippen molar-refractivity contribution in [2.24, 2.45) is 0 Å². The van der Waals surface area contributed by atoms with Crippen LogP contribution < -0.4 is 0 Å². The van der Waals surface area contributed by atoms with Crippen molar-refractivity contribution in [3.63, 3.8) is 0 Å². The first-order chi connectivity index (χ1) is 15.9. The molecule has 5 aromatic rings. The van der Waals surface area contributed by atoms with E-state index < -0.39 is 0 Å². The molecule has 0 saturated heterocycles. The SMILES string of the molecule is C(#Cc1c(-c2cccnc2)[nH]c(Cc2ccccn2)c1-c1ccccn1)c1ccccn1. The van der Waals surface area contributed by atoms with Crippen LogP contribution in [0.3, 0.4) is 0 Å². The van der Waals surface area contributed by atoms with E-state index in [1.54, 1.807) is 18.6 Å². The van der Waals surface area contributed by atoms with E-state index in [0.717, 1.165) is 39.5 Å². The fourth-order valence-electron chi connectivity index (χ4n) is 3.58. The second-order valence-corrected chi connectivity index (χ2v) is 7.15. The molecule has 5 heterocycles. The summed E-state index contributed by atoms with van der Waals surface area (Å²) in [6.45, 7) is 0. The molecule has 5 rings (SSSR count).